The molecule has 1 heterocycles. The highest BCUT2D eigenvalue weighted by atomic mass is 16.5. The summed E-state index contributed by atoms with van der Waals surface area (Å²) in [5, 5.41) is 13.6. The zero-order chi connectivity index (χ0) is 14.4. The van der Waals surface area contributed by atoms with Gasteiger partial charge < -0.3 is 15.2 Å². The summed E-state index contributed by atoms with van der Waals surface area (Å²) in [6.45, 7) is 7.29. The van der Waals surface area contributed by atoms with E-state index < -0.39 is 0 Å². The normalized spacial score (nSPS) is 19.2. The quantitative estimate of drug-likeness (QED) is 0.837. The zero-order valence-electron chi connectivity index (χ0n) is 12.6. The molecule has 0 aromatic heterocycles. The van der Waals surface area contributed by atoms with Crippen molar-refractivity contribution in [1.29, 1.82) is 0 Å². The van der Waals surface area contributed by atoms with Gasteiger partial charge in [0.15, 0.2) is 11.5 Å². The summed E-state index contributed by atoms with van der Waals surface area (Å²) in [6.07, 6.45) is 2.57. The maximum absolute atomic E-state index is 10.2. The lowest BCUT2D eigenvalue weighted by atomic mass is 9.99. The van der Waals surface area contributed by atoms with Crippen molar-refractivity contribution in [2.45, 2.75) is 26.3 Å². The van der Waals surface area contributed by atoms with Gasteiger partial charge >= 0.3 is 0 Å². The Kier molecular flexibility index (Phi) is 5.68. The second-order valence-corrected chi connectivity index (χ2v) is 5.51. The topological polar surface area (TPSA) is 44.7 Å². The van der Waals surface area contributed by atoms with Gasteiger partial charge in [-0.3, -0.25) is 4.90 Å². The Labute approximate surface area is 121 Å². The molecule has 112 valence electrons. The molecule has 0 radical (unpaired) electrons. The van der Waals surface area contributed by atoms with E-state index >= 15 is 0 Å². The first kappa shape index (κ1) is 15.1. The van der Waals surface area contributed by atoms with Gasteiger partial charge in [-0.1, -0.05) is 19.1 Å². The monoisotopic (exact) mass is 278 g/mol. The molecule has 2 N–H and O–H groups in total. The largest absolute Gasteiger partial charge is 0.504 e. The lowest BCUT2D eigenvalue weighted by Crippen LogP contribution is -2.38. The number of hydrogen-bond acceptors (Lipinski definition) is 4. The summed E-state index contributed by atoms with van der Waals surface area (Å²) in [6, 6.07) is 5.70. The van der Waals surface area contributed by atoms with Crippen molar-refractivity contribution in [3.8, 4) is 11.5 Å². The van der Waals surface area contributed by atoms with Crippen molar-refractivity contribution in [3.05, 3.63) is 23.8 Å². The maximum Gasteiger partial charge on any atom is 0.162 e. The van der Waals surface area contributed by atoms with Gasteiger partial charge in [0.05, 0.1) is 7.11 Å². The summed E-state index contributed by atoms with van der Waals surface area (Å²) in [5.41, 5.74) is 0.940. The molecule has 20 heavy (non-hydrogen) atoms. The molecule has 1 unspecified atom stereocenters. The zero-order valence-corrected chi connectivity index (χ0v) is 12.6. The van der Waals surface area contributed by atoms with Gasteiger partial charge in [-0.15, -0.1) is 0 Å². The van der Waals surface area contributed by atoms with Crippen molar-refractivity contribution >= 4 is 0 Å². The molecule has 1 aliphatic rings. The number of phenolic OH excluding ortho intramolecular Hbond substituents is 1. The Morgan fingerprint density at radius 2 is 2.30 bits per heavy atom. The molecule has 1 fully saturated rings. The number of piperidine rings is 1. The van der Waals surface area contributed by atoms with Crippen LogP contribution in [-0.4, -0.2) is 43.3 Å². The fraction of sp³-hybridized carbons (Fsp3) is 0.625. The van der Waals surface area contributed by atoms with E-state index in [4.69, 9.17) is 4.74 Å². The number of phenols is 1. The molecule has 1 aromatic rings. The van der Waals surface area contributed by atoms with E-state index in [0.717, 1.165) is 44.2 Å². The summed E-state index contributed by atoms with van der Waals surface area (Å²) >= 11 is 0. The van der Waals surface area contributed by atoms with Crippen LogP contribution in [0.4, 0.5) is 0 Å². The highest BCUT2D eigenvalue weighted by Gasteiger charge is 2.17. The second kappa shape index (κ2) is 7.50. The molecule has 0 aliphatic carbocycles. The number of ether oxygens (including phenoxy) is 1. The Morgan fingerprint density at radius 1 is 1.45 bits per heavy atom. The summed E-state index contributed by atoms with van der Waals surface area (Å²) in [7, 11) is 1.59. The minimum Gasteiger partial charge on any atom is -0.504 e. The molecule has 0 saturated carbocycles. The van der Waals surface area contributed by atoms with Crippen LogP contribution >= 0.6 is 0 Å². The van der Waals surface area contributed by atoms with Crippen LogP contribution < -0.4 is 10.1 Å². The Morgan fingerprint density at radius 3 is 2.95 bits per heavy atom. The molecule has 0 amide bonds. The lowest BCUT2D eigenvalue weighted by molar-refractivity contribution is 0.207. The molecule has 1 atom stereocenters. The van der Waals surface area contributed by atoms with Gasteiger partial charge in [-0.05, 0) is 44.5 Å². The molecule has 1 aromatic carbocycles. The van der Waals surface area contributed by atoms with Gasteiger partial charge in [0.25, 0.3) is 0 Å². The highest BCUT2D eigenvalue weighted by molar-refractivity contribution is 5.45. The third-order valence-corrected chi connectivity index (χ3v) is 4.06. The predicted octanol–water partition coefficient (Wildman–Crippen LogP) is 2.22. The van der Waals surface area contributed by atoms with E-state index in [1.807, 2.05) is 12.1 Å². The second-order valence-electron chi connectivity index (χ2n) is 5.51. The standard InChI is InChI=1S/C16H26N2O2/c1-3-18(11-13-6-5-9-17-10-13)12-14-7-4-8-15(20-2)16(14)19/h4,7-8,13,17,19H,3,5-6,9-12H2,1-2H3. The van der Waals surface area contributed by atoms with Gasteiger partial charge in [0.2, 0.25) is 0 Å². The molecule has 0 spiro atoms. The number of methoxy groups -OCH3 is 1. The summed E-state index contributed by atoms with van der Waals surface area (Å²) < 4.78 is 5.17. The molecular weight excluding hydrogens is 252 g/mol. The van der Waals surface area contributed by atoms with Gasteiger partial charge in [0, 0.05) is 18.7 Å². The number of para-hydroxylation sites is 1. The van der Waals surface area contributed by atoms with Crippen LogP contribution in [0.1, 0.15) is 25.3 Å². The number of hydrogen-bond donors (Lipinski definition) is 2. The fourth-order valence-electron chi connectivity index (χ4n) is 2.85. The molecular formula is C16H26N2O2. The Hall–Kier alpha value is -1.26. The Balaban J connectivity index is 1.98. The van der Waals surface area contributed by atoms with Gasteiger partial charge in [-0.25, -0.2) is 0 Å². The van der Waals surface area contributed by atoms with Crippen LogP contribution in [0.5, 0.6) is 11.5 Å². The summed E-state index contributed by atoms with van der Waals surface area (Å²) in [5.74, 6) is 1.55. The minimum atomic E-state index is 0.273. The van der Waals surface area contributed by atoms with Crippen molar-refractivity contribution in [2.24, 2.45) is 5.92 Å². The third kappa shape index (κ3) is 3.87. The first-order chi connectivity index (χ1) is 9.74. The number of aromatic hydroxyl groups is 1. The number of rotatable bonds is 6. The first-order valence-corrected chi connectivity index (χ1v) is 7.52. The molecule has 4 nitrogen and oxygen atoms in total. The molecule has 0 bridgehead atoms. The van der Waals surface area contributed by atoms with E-state index in [1.54, 1.807) is 13.2 Å². The van der Waals surface area contributed by atoms with Crippen molar-refractivity contribution in [2.75, 3.05) is 33.3 Å². The van der Waals surface area contributed by atoms with E-state index in [0.29, 0.717) is 5.75 Å². The van der Waals surface area contributed by atoms with Crippen LogP contribution in [0.25, 0.3) is 0 Å². The average Bonchev–Trinajstić information content (AvgIpc) is 2.49. The number of benzene rings is 1. The third-order valence-electron chi connectivity index (χ3n) is 4.06. The molecule has 2 rings (SSSR count). The van der Waals surface area contributed by atoms with E-state index in [1.165, 1.54) is 12.8 Å². The SMILES string of the molecule is CCN(Cc1cccc(OC)c1O)CC1CCCNC1. The van der Waals surface area contributed by atoms with Crippen LogP contribution in [-0.2, 0) is 6.54 Å². The van der Waals surface area contributed by atoms with E-state index in [9.17, 15) is 5.11 Å². The van der Waals surface area contributed by atoms with Crippen LogP contribution in [0.15, 0.2) is 18.2 Å². The van der Waals surface area contributed by atoms with Crippen LogP contribution in [0.3, 0.4) is 0 Å². The predicted molar refractivity (Wildman–Crippen MR) is 81.2 cm³/mol. The van der Waals surface area contributed by atoms with E-state index in [2.05, 4.69) is 17.1 Å². The molecule has 1 saturated heterocycles. The number of nitrogens with zero attached hydrogens (tertiary/aromatic N) is 1. The number of nitrogens with one attached hydrogen (secondary N) is 1. The minimum absolute atomic E-state index is 0.273. The summed E-state index contributed by atoms with van der Waals surface area (Å²) in [4.78, 5) is 2.40. The fourth-order valence-corrected chi connectivity index (χ4v) is 2.85. The van der Waals surface area contributed by atoms with E-state index in [-0.39, 0.29) is 5.75 Å². The van der Waals surface area contributed by atoms with Gasteiger partial charge in [-0.2, -0.15) is 0 Å². The van der Waals surface area contributed by atoms with Crippen molar-refractivity contribution in [3.63, 3.8) is 0 Å². The molecule has 4 heteroatoms. The Bertz CT molecular complexity index is 417. The maximum atomic E-state index is 10.2. The van der Waals surface area contributed by atoms with Crippen LogP contribution in [0.2, 0.25) is 0 Å². The van der Waals surface area contributed by atoms with Gasteiger partial charge in [0.1, 0.15) is 0 Å². The van der Waals surface area contributed by atoms with Crippen molar-refractivity contribution < 1.29 is 9.84 Å². The highest BCUT2D eigenvalue weighted by Crippen LogP contribution is 2.30. The van der Waals surface area contributed by atoms with Crippen LogP contribution in [0, 0.1) is 5.92 Å². The molecule has 1 aliphatic heterocycles. The smallest absolute Gasteiger partial charge is 0.162 e. The lowest BCUT2D eigenvalue weighted by Gasteiger charge is -2.29. The van der Waals surface area contributed by atoms with Crippen molar-refractivity contribution in [1.82, 2.24) is 10.2 Å². The first-order valence-electron chi connectivity index (χ1n) is 7.52. The average molecular weight is 278 g/mol.